The molecule has 2 aliphatic rings. The van der Waals surface area contributed by atoms with Gasteiger partial charge in [-0.2, -0.15) is 5.26 Å². The lowest BCUT2D eigenvalue weighted by Crippen LogP contribution is -2.76. The molecule has 1 aromatic rings. The summed E-state index contributed by atoms with van der Waals surface area (Å²) in [5, 5.41) is 33.9. The molecule has 0 radical (unpaired) electrons. The second-order valence-corrected chi connectivity index (χ2v) is 13.3. The number of methoxy groups -OCH3 is 2. The van der Waals surface area contributed by atoms with Gasteiger partial charge in [0.1, 0.15) is 12.2 Å². The molecule has 1 aromatic carbocycles. The van der Waals surface area contributed by atoms with Crippen molar-refractivity contribution in [2.24, 2.45) is 17.8 Å². The molecule has 10 atom stereocenters. The molecule has 13 heteroatoms. The van der Waals surface area contributed by atoms with Crippen LogP contribution in [0.15, 0.2) is 54.6 Å². The monoisotopic (exact) mass is 699 g/mol. The third-order valence-electron chi connectivity index (χ3n) is 9.52. The van der Waals surface area contributed by atoms with E-state index in [4.69, 9.17) is 28.4 Å². The number of rotatable bonds is 16. The van der Waals surface area contributed by atoms with Crippen molar-refractivity contribution in [2.75, 3.05) is 14.2 Å². The summed E-state index contributed by atoms with van der Waals surface area (Å²) in [4.78, 5) is 52.3. The number of benzene rings is 1. The predicted molar refractivity (Wildman–Crippen MR) is 178 cm³/mol. The van der Waals surface area contributed by atoms with E-state index in [-0.39, 0.29) is 24.7 Å². The van der Waals surface area contributed by atoms with Gasteiger partial charge in [0.2, 0.25) is 11.4 Å². The van der Waals surface area contributed by atoms with Gasteiger partial charge in [0, 0.05) is 25.3 Å². The highest BCUT2D eigenvalue weighted by Crippen LogP contribution is 2.56. The highest BCUT2D eigenvalue weighted by Gasteiger charge is 2.85. The first-order valence-corrected chi connectivity index (χ1v) is 16.7. The molecule has 0 aliphatic carbocycles. The van der Waals surface area contributed by atoms with Gasteiger partial charge in [0.15, 0.2) is 12.2 Å². The van der Waals surface area contributed by atoms with E-state index in [2.05, 4.69) is 13.5 Å². The number of nitriles is 1. The van der Waals surface area contributed by atoms with Crippen LogP contribution in [0.2, 0.25) is 0 Å². The van der Waals surface area contributed by atoms with Crippen LogP contribution in [0.5, 0.6) is 0 Å². The SMILES string of the molecule is C=C(CC[C@]12O[C@H](C#N)[C@@](O)(C(=O)OC)[C@](C(=O)OC)(O1)[C@H](OC(=O)/C=C/[C@@H](C)C[C@@H](C)CC)[C@H]2O)[C@@H](OC(C)=O)[C@H](C)Cc1ccccc1. The molecule has 0 saturated carbocycles. The van der Waals surface area contributed by atoms with Crippen LogP contribution in [-0.2, 0) is 54.0 Å². The first-order chi connectivity index (χ1) is 23.6. The Bertz CT molecular complexity index is 1470. The summed E-state index contributed by atoms with van der Waals surface area (Å²) < 4.78 is 33.0. The van der Waals surface area contributed by atoms with E-state index < -0.39 is 65.3 Å². The Labute approximate surface area is 293 Å². The van der Waals surface area contributed by atoms with E-state index in [1.807, 2.05) is 51.1 Å². The smallest absolute Gasteiger partial charge is 0.346 e. The zero-order chi connectivity index (χ0) is 37.4. The number of aliphatic hydroxyl groups excluding tert-OH is 1. The molecule has 2 fully saturated rings. The fourth-order valence-corrected chi connectivity index (χ4v) is 6.75. The maximum Gasteiger partial charge on any atom is 0.346 e. The van der Waals surface area contributed by atoms with Crippen LogP contribution < -0.4 is 0 Å². The Morgan fingerprint density at radius 3 is 2.30 bits per heavy atom. The highest BCUT2D eigenvalue weighted by atomic mass is 16.8. The molecule has 2 heterocycles. The van der Waals surface area contributed by atoms with Gasteiger partial charge in [-0.3, -0.25) is 4.79 Å². The maximum atomic E-state index is 13.7. The molecule has 2 aliphatic heterocycles. The molecule has 0 unspecified atom stereocenters. The molecule has 3 rings (SSSR count). The van der Waals surface area contributed by atoms with Crippen molar-refractivity contribution in [1.82, 2.24) is 0 Å². The summed E-state index contributed by atoms with van der Waals surface area (Å²) in [5.41, 5.74) is -4.92. The Morgan fingerprint density at radius 2 is 1.74 bits per heavy atom. The summed E-state index contributed by atoms with van der Waals surface area (Å²) in [7, 11) is 1.82. The van der Waals surface area contributed by atoms with E-state index in [1.165, 1.54) is 6.92 Å². The first kappa shape index (κ1) is 40.3. The second kappa shape index (κ2) is 16.7. The topological polar surface area (TPSA) is 188 Å². The van der Waals surface area contributed by atoms with Crippen molar-refractivity contribution in [3.05, 3.63) is 60.2 Å². The van der Waals surface area contributed by atoms with E-state index in [9.17, 15) is 34.7 Å². The van der Waals surface area contributed by atoms with Crippen LogP contribution in [-0.4, -0.2) is 89.7 Å². The number of fused-ring (bicyclic) bond motifs is 2. The number of esters is 4. The Hall–Kier alpha value is -4.09. The summed E-state index contributed by atoms with van der Waals surface area (Å²) in [6, 6.07) is 11.2. The molecule has 0 amide bonds. The molecule has 2 saturated heterocycles. The van der Waals surface area contributed by atoms with Crippen LogP contribution in [0.3, 0.4) is 0 Å². The van der Waals surface area contributed by atoms with E-state index in [1.54, 1.807) is 12.1 Å². The minimum Gasteiger partial charge on any atom is -0.467 e. The molecular weight excluding hydrogens is 650 g/mol. The molecule has 13 nitrogen and oxygen atoms in total. The third-order valence-corrected chi connectivity index (χ3v) is 9.52. The minimum atomic E-state index is -3.27. The largest absolute Gasteiger partial charge is 0.467 e. The molecular formula is C37H49NO12. The molecule has 0 spiro atoms. The lowest BCUT2D eigenvalue weighted by Gasteiger charge is -2.48. The lowest BCUT2D eigenvalue weighted by atomic mass is 9.74. The molecule has 50 heavy (non-hydrogen) atoms. The summed E-state index contributed by atoms with van der Waals surface area (Å²) in [6.45, 7) is 13.3. The lowest BCUT2D eigenvalue weighted by molar-refractivity contribution is -0.370. The fourth-order valence-electron chi connectivity index (χ4n) is 6.75. The molecule has 2 N–H and O–H groups in total. The Kier molecular flexibility index (Phi) is 13.5. The maximum absolute atomic E-state index is 13.7. The van der Waals surface area contributed by atoms with Gasteiger partial charge in [0.25, 0.3) is 5.60 Å². The quantitative estimate of drug-likeness (QED) is 0.111. The van der Waals surface area contributed by atoms with E-state index in [0.717, 1.165) is 38.7 Å². The van der Waals surface area contributed by atoms with Crippen molar-refractivity contribution < 1.29 is 57.8 Å². The normalized spacial score (nSPS) is 29.6. The van der Waals surface area contributed by atoms with Crippen LogP contribution in [0.1, 0.15) is 65.9 Å². The standard InChI is InChI=1S/C37H49NO12/c1-9-22(2)19-23(3)15-16-29(40)48-32-31(41)35(49-28(21-38)36(44,33(42)45-7)37(32,50-35)34(43)46-8)18-17-24(4)30(47-26(6)39)25(5)20-27-13-11-10-12-14-27/h10-16,22-23,25,28,30-32,41,44H,4,9,17-20H2,1-3,5-8H3/b16-15+/t22-,23+,25+,28+,30+,31+,32+,35-,36+,37-/m0/s1. The molecule has 274 valence electrons. The van der Waals surface area contributed by atoms with Gasteiger partial charge < -0.3 is 38.6 Å². The highest BCUT2D eigenvalue weighted by molar-refractivity contribution is 5.96. The zero-order valence-corrected chi connectivity index (χ0v) is 29.7. The van der Waals surface area contributed by atoms with Gasteiger partial charge in [-0.15, -0.1) is 0 Å². The van der Waals surface area contributed by atoms with Crippen LogP contribution >= 0.6 is 0 Å². The Morgan fingerprint density at radius 1 is 1.10 bits per heavy atom. The van der Waals surface area contributed by atoms with Crippen LogP contribution in [0.25, 0.3) is 0 Å². The van der Waals surface area contributed by atoms with Crippen LogP contribution in [0.4, 0.5) is 0 Å². The number of carbonyl (C=O) groups is 4. The second-order valence-electron chi connectivity index (χ2n) is 13.3. The van der Waals surface area contributed by atoms with Crippen molar-refractivity contribution in [1.29, 1.82) is 5.26 Å². The van der Waals surface area contributed by atoms with Crippen molar-refractivity contribution in [2.45, 2.75) is 108 Å². The van der Waals surface area contributed by atoms with Crippen molar-refractivity contribution >= 4 is 23.9 Å². The average Bonchev–Trinajstić information content (AvgIpc) is 3.31. The summed E-state index contributed by atoms with van der Waals surface area (Å²) in [6.07, 6.45) is -2.68. The number of carbonyl (C=O) groups excluding carboxylic acids is 4. The fraction of sp³-hybridized carbons (Fsp3) is 0.595. The number of hydrogen-bond donors (Lipinski definition) is 2. The number of ether oxygens (including phenoxy) is 6. The van der Waals surface area contributed by atoms with Crippen molar-refractivity contribution in [3.8, 4) is 6.07 Å². The third kappa shape index (κ3) is 7.94. The molecule has 2 bridgehead atoms. The number of aliphatic hydroxyl groups is 2. The first-order valence-electron chi connectivity index (χ1n) is 16.7. The minimum absolute atomic E-state index is 0.0406. The zero-order valence-electron chi connectivity index (χ0n) is 29.7. The van der Waals surface area contributed by atoms with Crippen molar-refractivity contribution in [3.63, 3.8) is 0 Å². The van der Waals surface area contributed by atoms with Gasteiger partial charge in [0.05, 0.1) is 20.3 Å². The summed E-state index contributed by atoms with van der Waals surface area (Å²) in [5.74, 6) is -6.82. The molecule has 0 aromatic heterocycles. The number of hydrogen-bond acceptors (Lipinski definition) is 13. The summed E-state index contributed by atoms with van der Waals surface area (Å²) >= 11 is 0. The Balaban J connectivity index is 2.04. The average molecular weight is 700 g/mol. The van der Waals surface area contributed by atoms with Crippen LogP contribution in [0, 0.1) is 29.1 Å². The van der Waals surface area contributed by atoms with Gasteiger partial charge >= 0.3 is 23.9 Å². The van der Waals surface area contributed by atoms with Gasteiger partial charge in [-0.05, 0) is 42.2 Å². The predicted octanol–water partition coefficient (Wildman–Crippen LogP) is 3.50. The van der Waals surface area contributed by atoms with Gasteiger partial charge in [-0.1, -0.05) is 77.1 Å². The van der Waals surface area contributed by atoms with E-state index >= 15 is 0 Å². The number of allylic oxidation sites excluding steroid dienone is 1. The number of nitrogens with zero attached hydrogens (tertiary/aromatic N) is 1. The van der Waals surface area contributed by atoms with E-state index in [0.29, 0.717) is 17.9 Å². The van der Waals surface area contributed by atoms with Gasteiger partial charge in [-0.25, -0.2) is 14.4 Å².